The first-order chi connectivity index (χ1) is 29.3. The lowest BCUT2D eigenvalue weighted by molar-refractivity contribution is 0.627. The molecule has 0 amide bonds. The molecule has 10 aromatic rings. The van der Waals surface area contributed by atoms with Crippen molar-refractivity contribution in [3.8, 4) is 39.3 Å². The molecule has 0 N–H and O–H groups in total. The number of hydrogen-bond acceptors (Lipinski definition) is 1. The monoisotopic (exact) mass is 750 g/mol. The molecule has 2 aliphatic carbocycles. The number of nitrogens with zero attached hydrogens (tertiary/aromatic N) is 2. The zero-order valence-corrected chi connectivity index (χ0v) is 32.3. The average Bonchev–Trinajstić information content (AvgIpc) is 3.86. The van der Waals surface area contributed by atoms with E-state index in [4.69, 9.17) is 4.98 Å². The molecule has 2 unspecified atom stereocenters. The molecule has 0 bridgehead atoms. The average molecular weight is 751 g/mol. The summed E-state index contributed by atoms with van der Waals surface area (Å²) >= 11 is 0. The molecular weight excluding hydrogens is 713 g/mol. The van der Waals surface area contributed by atoms with Gasteiger partial charge in [-0.3, -0.25) is 4.57 Å². The van der Waals surface area contributed by atoms with Crippen LogP contribution in [0.1, 0.15) is 44.5 Å². The number of rotatable bonds is 6. The van der Waals surface area contributed by atoms with E-state index >= 15 is 0 Å². The Bertz CT molecular complexity index is 3200. The standard InChI is InChI=1S/C57H38N2/c1-4-19-42(20-5-1)56(49-29-12-13-30-50(49)57(43-21-6-2-7-22-43)48-28-11-10-26-46(48)47-27-17-31-51(56)54(47)57)44-23-16-18-41(38-44)39-34-36-40(37-35-39)55-58-52-32-14-15-33-53(52)59(55)45-24-8-3-9-25-45/h1-38H. The van der Waals surface area contributed by atoms with E-state index in [9.17, 15) is 0 Å². The van der Waals surface area contributed by atoms with Crippen LogP contribution in [0.3, 0.4) is 0 Å². The predicted octanol–water partition coefficient (Wildman–Crippen LogP) is 13.4. The van der Waals surface area contributed by atoms with Gasteiger partial charge in [-0.05, 0) is 97.1 Å². The van der Waals surface area contributed by atoms with Gasteiger partial charge in [0.05, 0.1) is 21.9 Å². The Hall–Kier alpha value is -7.55. The van der Waals surface area contributed by atoms with Crippen LogP contribution in [0.4, 0.5) is 0 Å². The highest BCUT2D eigenvalue weighted by Crippen LogP contribution is 2.65. The first kappa shape index (κ1) is 33.6. The maximum absolute atomic E-state index is 5.15. The quantitative estimate of drug-likeness (QED) is 0.165. The Morgan fingerprint density at radius 3 is 1.61 bits per heavy atom. The summed E-state index contributed by atoms with van der Waals surface area (Å²) in [6.45, 7) is 0. The molecule has 2 atom stereocenters. The van der Waals surface area contributed by atoms with E-state index in [-0.39, 0.29) is 0 Å². The Balaban J connectivity index is 1.08. The molecule has 12 rings (SSSR count). The first-order valence-electron chi connectivity index (χ1n) is 20.5. The lowest BCUT2D eigenvalue weighted by Gasteiger charge is -2.49. The molecule has 2 heteroatoms. The number of fused-ring (bicyclic) bond motifs is 6. The number of para-hydroxylation sites is 3. The van der Waals surface area contributed by atoms with E-state index in [0.717, 1.165) is 33.7 Å². The normalized spacial score (nSPS) is 17.3. The highest BCUT2D eigenvalue weighted by Gasteiger charge is 2.57. The molecule has 1 aromatic heterocycles. The van der Waals surface area contributed by atoms with Crippen molar-refractivity contribution >= 4 is 11.0 Å². The second-order valence-corrected chi connectivity index (χ2v) is 15.8. The van der Waals surface area contributed by atoms with Crippen molar-refractivity contribution in [2.24, 2.45) is 0 Å². The third-order valence-electron chi connectivity index (χ3n) is 13.0. The van der Waals surface area contributed by atoms with E-state index < -0.39 is 10.8 Å². The van der Waals surface area contributed by atoms with Crippen molar-refractivity contribution in [1.82, 2.24) is 9.55 Å². The lowest BCUT2D eigenvalue weighted by Crippen LogP contribution is -2.44. The maximum Gasteiger partial charge on any atom is 0.145 e. The lowest BCUT2D eigenvalue weighted by atomic mass is 9.51. The van der Waals surface area contributed by atoms with Crippen LogP contribution in [0.5, 0.6) is 0 Å². The molecule has 0 saturated heterocycles. The van der Waals surface area contributed by atoms with Gasteiger partial charge in [0.1, 0.15) is 5.82 Å². The molecule has 2 nitrogen and oxygen atoms in total. The number of benzene rings is 9. The van der Waals surface area contributed by atoms with E-state index in [2.05, 4.69) is 235 Å². The Morgan fingerprint density at radius 2 is 0.864 bits per heavy atom. The molecule has 1 heterocycles. The highest BCUT2D eigenvalue weighted by molar-refractivity contribution is 5.92. The van der Waals surface area contributed by atoms with Crippen molar-refractivity contribution in [2.45, 2.75) is 10.8 Å². The summed E-state index contributed by atoms with van der Waals surface area (Å²) in [6.07, 6.45) is 0. The molecule has 0 fully saturated rings. The molecule has 9 aromatic carbocycles. The third-order valence-corrected chi connectivity index (χ3v) is 13.0. The molecular formula is C57H38N2. The van der Waals surface area contributed by atoms with Crippen LogP contribution in [0.25, 0.3) is 50.4 Å². The topological polar surface area (TPSA) is 17.8 Å². The highest BCUT2D eigenvalue weighted by atomic mass is 15.1. The Morgan fingerprint density at radius 1 is 0.339 bits per heavy atom. The molecule has 276 valence electrons. The van der Waals surface area contributed by atoms with E-state index in [1.807, 2.05) is 0 Å². The Labute approximate surface area is 344 Å². The van der Waals surface area contributed by atoms with Gasteiger partial charge in [0, 0.05) is 11.3 Å². The fourth-order valence-corrected chi connectivity index (χ4v) is 10.7. The second-order valence-electron chi connectivity index (χ2n) is 15.8. The molecule has 0 aliphatic heterocycles. The van der Waals surface area contributed by atoms with Crippen LogP contribution in [-0.2, 0) is 10.8 Å². The van der Waals surface area contributed by atoms with Crippen LogP contribution in [0.15, 0.2) is 231 Å². The smallest absolute Gasteiger partial charge is 0.145 e. The summed E-state index contributed by atoms with van der Waals surface area (Å²) in [7, 11) is 0. The largest absolute Gasteiger partial charge is 0.292 e. The summed E-state index contributed by atoms with van der Waals surface area (Å²) in [5, 5.41) is 0. The van der Waals surface area contributed by atoms with E-state index in [0.29, 0.717) is 0 Å². The van der Waals surface area contributed by atoms with Crippen molar-refractivity contribution in [3.05, 3.63) is 275 Å². The summed E-state index contributed by atoms with van der Waals surface area (Å²) in [6, 6.07) is 84.9. The van der Waals surface area contributed by atoms with Gasteiger partial charge in [0.15, 0.2) is 0 Å². The van der Waals surface area contributed by atoms with Crippen molar-refractivity contribution in [1.29, 1.82) is 0 Å². The summed E-state index contributed by atoms with van der Waals surface area (Å²) < 4.78 is 2.27. The SMILES string of the molecule is c1ccc(-n2c(-c3ccc(-c4cccc(C5(c6ccccc6)c6ccccc6C6(c7ccccc7)c7ccccc7-c7cccc5c76)c4)cc3)nc3ccccc32)cc1. The minimum absolute atomic E-state index is 0.470. The molecule has 59 heavy (non-hydrogen) atoms. The van der Waals surface area contributed by atoms with Gasteiger partial charge in [0.25, 0.3) is 0 Å². The minimum Gasteiger partial charge on any atom is -0.292 e. The minimum atomic E-state index is -0.597. The zero-order valence-electron chi connectivity index (χ0n) is 32.3. The zero-order chi connectivity index (χ0) is 39.0. The van der Waals surface area contributed by atoms with Gasteiger partial charge >= 0.3 is 0 Å². The van der Waals surface area contributed by atoms with E-state index in [1.54, 1.807) is 0 Å². The number of hydrogen-bond donors (Lipinski definition) is 0. The molecule has 0 radical (unpaired) electrons. The van der Waals surface area contributed by atoms with Gasteiger partial charge in [0.2, 0.25) is 0 Å². The van der Waals surface area contributed by atoms with Crippen LogP contribution in [-0.4, -0.2) is 9.55 Å². The van der Waals surface area contributed by atoms with E-state index in [1.165, 1.54) is 61.2 Å². The van der Waals surface area contributed by atoms with Crippen LogP contribution >= 0.6 is 0 Å². The molecule has 0 spiro atoms. The van der Waals surface area contributed by atoms with Crippen LogP contribution in [0.2, 0.25) is 0 Å². The first-order valence-corrected chi connectivity index (χ1v) is 20.5. The van der Waals surface area contributed by atoms with Gasteiger partial charge in [-0.1, -0.05) is 200 Å². The van der Waals surface area contributed by atoms with Gasteiger partial charge in [-0.25, -0.2) is 4.98 Å². The number of aromatic nitrogens is 2. The fourth-order valence-electron chi connectivity index (χ4n) is 10.7. The third kappa shape index (κ3) is 4.66. The second kappa shape index (κ2) is 13.0. The summed E-state index contributed by atoms with van der Waals surface area (Å²) in [5.41, 5.74) is 18.6. The van der Waals surface area contributed by atoms with Crippen molar-refractivity contribution < 1.29 is 0 Å². The number of imidazole rings is 1. The summed E-state index contributed by atoms with van der Waals surface area (Å²) in [5.74, 6) is 0.931. The molecule has 0 saturated carbocycles. The fraction of sp³-hybridized carbons (Fsp3) is 0.0351. The van der Waals surface area contributed by atoms with Crippen LogP contribution in [0, 0.1) is 0 Å². The maximum atomic E-state index is 5.15. The summed E-state index contributed by atoms with van der Waals surface area (Å²) in [4.78, 5) is 5.15. The Kier molecular flexibility index (Phi) is 7.39. The van der Waals surface area contributed by atoms with Gasteiger partial charge < -0.3 is 0 Å². The molecule has 2 aliphatic rings. The van der Waals surface area contributed by atoms with Gasteiger partial charge in [-0.15, -0.1) is 0 Å². The predicted molar refractivity (Wildman–Crippen MR) is 241 cm³/mol. The van der Waals surface area contributed by atoms with Crippen LogP contribution < -0.4 is 0 Å². The van der Waals surface area contributed by atoms with Gasteiger partial charge in [-0.2, -0.15) is 0 Å². The van der Waals surface area contributed by atoms with Crippen molar-refractivity contribution in [2.75, 3.05) is 0 Å². The van der Waals surface area contributed by atoms with Crippen molar-refractivity contribution in [3.63, 3.8) is 0 Å².